The van der Waals surface area contributed by atoms with Crippen LogP contribution < -0.4 is 10.6 Å². The zero-order valence-electron chi connectivity index (χ0n) is 14.6. The van der Waals surface area contributed by atoms with E-state index in [4.69, 9.17) is 11.6 Å². The third kappa shape index (κ3) is 4.36. The number of amides is 2. The van der Waals surface area contributed by atoms with Crippen LogP contribution in [0.2, 0.25) is 5.02 Å². The van der Waals surface area contributed by atoms with Crippen LogP contribution in [0.4, 0.5) is 16.2 Å². The highest BCUT2D eigenvalue weighted by Crippen LogP contribution is 2.29. The number of carbonyl (C=O) groups is 1. The van der Waals surface area contributed by atoms with Crippen LogP contribution in [0.15, 0.2) is 78.4 Å². The van der Waals surface area contributed by atoms with Crippen LogP contribution >= 0.6 is 22.9 Å². The zero-order valence-corrected chi connectivity index (χ0v) is 16.2. The van der Waals surface area contributed by atoms with Crippen molar-refractivity contribution in [1.82, 2.24) is 9.97 Å². The monoisotopic (exact) mass is 406 g/mol. The molecule has 2 aromatic carbocycles. The number of nitrogens with one attached hydrogen (secondary N) is 2. The van der Waals surface area contributed by atoms with E-state index in [1.165, 1.54) is 0 Å². The number of hydrogen-bond donors (Lipinski definition) is 2. The molecule has 5 nitrogen and oxygen atoms in total. The highest BCUT2D eigenvalue weighted by Gasteiger charge is 2.09. The third-order valence-electron chi connectivity index (χ3n) is 3.91. The van der Waals surface area contributed by atoms with Crippen LogP contribution in [-0.2, 0) is 0 Å². The zero-order chi connectivity index (χ0) is 19.3. The molecule has 0 saturated carbocycles. The Morgan fingerprint density at radius 2 is 1.68 bits per heavy atom. The van der Waals surface area contributed by atoms with Gasteiger partial charge in [-0.2, -0.15) is 0 Å². The van der Waals surface area contributed by atoms with Gasteiger partial charge in [0.25, 0.3) is 0 Å². The Morgan fingerprint density at radius 1 is 0.929 bits per heavy atom. The fraction of sp³-hybridized carbons (Fsp3) is 0. The van der Waals surface area contributed by atoms with E-state index >= 15 is 0 Å². The van der Waals surface area contributed by atoms with E-state index in [1.54, 1.807) is 48.0 Å². The van der Waals surface area contributed by atoms with Gasteiger partial charge in [-0.15, -0.1) is 11.3 Å². The van der Waals surface area contributed by atoms with Crippen LogP contribution in [0.1, 0.15) is 0 Å². The van der Waals surface area contributed by atoms with Crippen LogP contribution in [0.3, 0.4) is 0 Å². The molecule has 0 bridgehead atoms. The Balaban J connectivity index is 1.49. The highest BCUT2D eigenvalue weighted by atomic mass is 35.5. The Morgan fingerprint density at radius 3 is 2.43 bits per heavy atom. The van der Waals surface area contributed by atoms with Gasteiger partial charge in [-0.25, -0.2) is 9.78 Å². The summed E-state index contributed by atoms with van der Waals surface area (Å²) in [7, 11) is 0. The van der Waals surface area contributed by atoms with E-state index in [0.29, 0.717) is 16.4 Å². The molecule has 138 valence electrons. The normalized spacial score (nSPS) is 10.5. The Bertz CT molecular complexity index is 1110. The number of anilines is 2. The summed E-state index contributed by atoms with van der Waals surface area (Å²) in [6.45, 7) is 0. The molecule has 7 heteroatoms. The number of carbonyl (C=O) groups excluding carboxylic acids is 1. The summed E-state index contributed by atoms with van der Waals surface area (Å²) in [5.41, 5.74) is 4.05. The number of pyridine rings is 1. The SMILES string of the molecule is O=C(Nc1cccc(Cl)c1)Nc1cccc(-c2csc(-c3cccnc3)n2)c1. The topological polar surface area (TPSA) is 66.9 Å². The summed E-state index contributed by atoms with van der Waals surface area (Å²) in [5.74, 6) is 0. The molecule has 0 aliphatic carbocycles. The molecule has 0 fully saturated rings. The number of urea groups is 1. The van der Waals surface area contributed by atoms with Gasteiger partial charge in [0.05, 0.1) is 5.69 Å². The average Bonchev–Trinajstić information content (AvgIpc) is 3.19. The second-order valence-electron chi connectivity index (χ2n) is 5.95. The van der Waals surface area contributed by atoms with Gasteiger partial charge in [0, 0.05) is 45.3 Å². The predicted molar refractivity (Wildman–Crippen MR) is 115 cm³/mol. The summed E-state index contributed by atoms with van der Waals surface area (Å²) >= 11 is 7.50. The number of nitrogens with zero attached hydrogens (tertiary/aromatic N) is 2. The maximum Gasteiger partial charge on any atom is 0.323 e. The van der Waals surface area contributed by atoms with Gasteiger partial charge in [0.2, 0.25) is 0 Å². The van der Waals surface area contributed by atoms with Crippen LogP contribution in [0.25, 0.3) is 21.8 Å². The lowest BCUT2D eigenvalue weighted by Gasteiger charge is -2.09. The van der Waals surface area contributed by atoms with Crippen molar-refractivity contribution in [2.24, 2.45) is 0 Å². The maximum atomic E-state index is 12.2. The smallest absolute Gasteiger partial charge is 0.308 e. The molecular weight excluding hydrogens is 392 g/mol. The Hall–Kier alpha value is -3.22. The Labute approximate surface area is 171 Å². The van der Waals surface area contributed by atoms with Crippen molar-refractivity contribution >= 4 is 40.3 Å². The first kappa shape index (κ1) is 18.2. The van der Waals surface area contributed by atoms with Crippen molar-refractivity contribution in [3.05, 3.63) is 83.5 Å². The van der Waals surface area contributed by atoms with E-state index in [9.17, 15) is 4.79 Å². The van der Waals surface area contributed by atoms with Gasteiger partial charge in [0.15, 0.2) is 0 Å². The van der Waals surface area contributed by atoms with Crippen LogP contribution in [0.5, 0.6) is 0 Å². The standard InChI is InChI=1S/C21H15ClN4OS/c22-16-6-2-8-18(11-16)25-21(27)24-17-7-1-4-14(10-17)19-13-28-20(26-19)15-5-3-9-23-12-15/h1-13H,(H2,24,25,27). The number of halogens is 1. The summed E-state index contributed by atoms with van der Waals surface area (Å²) in [6.07, 6.45) is 3.53. The number of aromatic nitrogens is 2. The lowest BCUT2D eigenvalue weighted by molar-refractivity contribution is 0.262. The Kier molecular flexibility index (Phi) is 5.32. The van der Waals surface area contributed by atoms with Crippen LogP contribution in [-0.4, -0.2) is 16.0 Å². The van der Waals surface area contributed by atoms with Gasteiger partial charge in [-0.3, -0.25) is 4.98 Å². The number of rotatable bonds is 4. The average molecular weight is 407 g/mol. The number of thiazole rings is 1. The summed E-state index contributed by atoms with van der Waals surface area (Å²) in [5, 5.41) is 9.05. The molecule has 0 aliphatic rings. The summed E-state index contributed by atoms with van der Waals surface area (Å²) in [4.78, 5) is 21.1. The molecule has 2 N–H and O–H groups in total. The van der Waals surface area contributed by atoms with Gasteiger partial charge in [-0.1, -0.05) is 29.8 Å². The van der Waals surface area contributed by atoms with Crippen molar-refractivity contribution < 1.29 is 4.79 Å². The van der Waals surface area contributed by atoms with E-state index in [0.717, 1.165) is 21.8 Å². The molecule has 2 amide bonds. The van der Waals surface area contributed by atoms with Crippen molar-refractivity contribution in [1.29, 1.82) is 0 Å². The lowest BCUT2D eigenvalue weighted by Crippen LogP contribution is -2.19. The molecule has 0 atom stereocenters. The molecule has 0 unspecified atom stereocenters. The first-order valence-electron chi connectivity index (χ1n) is 8.47. The summed E-state index contributed by atoms with van der Waals surface area (Å²) < 4.78 is 0. The molecule has 0 radical (unpaired) electrons. The molecule has 2 heterocycles. The predicted octanol–water partition coefficient (Wildman–Crippen LogP) is 6.17. The fourth-order valence-corrected chi connectivity index (χ4v) is 3.65. The molecule has 4 rings (SSSR count). The molecular formula is C21H15ClN4OS. The van der Waals surface area contributed by atoms with Crippen molar-refractivity contribution in [3.63, 3.8) is 0 Å². The number of hydrogen-bond acceptors (Lipinski definition) is 4. The quantitative estimate of drug-likeness (QED) is 0.426. The minimum Gasteiger partial charge on any atom is -0.308 e. The second-order valence-corrected chi connectivity index (χ2v) is 7.24. The minimum atomic E-state index is -0.339. The first-order valence-corrected chi connectivity index (χ1v) is 9.73. The van der Waals surface area contributed by atoms with E-state index in [2.05, 4.69) is 20.6 Å². The molecule has 0 saturated heterocycles. The third-order valence-corrected chi connectivity index (χ3v) is 5.04. The van der Waals surface area contributed by atoms with Gasteiger partial charge in [-0.05, 0) is 42.5 Å². The largest absolute Gasteiger partial charge is 0.323 e. The fourth-order valence-electron chi connectivity index (χ4n) is 2.64. The minimum absolute atomic E-state index is 0.339. The lowest BCUT2D eigenvalue weighted by atomic mass is 10.1. The van der Waals surface area contributed by atoms with Gasteiger partial charge >= 0.3 is 6.03 Å². The van der Waals surface area contributed by atoms with E-state index in [1.807, 2.05) is 41.8 Å². The molecule has 28 heavy (non-hydrogen) atoms. The summed E-state index contributed by atoms with van der Waals surface area (Å²) in [6, 6.07) is 18.1. The molecule has 4 aromatic rings. The first-order chi connectivity index (χ1) is 13.7. The maximum absolute atomic E-state index is 12.2. The molecule has 0 aliphatic heterocycles. The second kappa shape index (κ2) is 8.21. The van der Waals surface area contributed by atoms with E-state index < -0.39 is 0 Å². The molecule has 0 spiro atoms. The van der Waals surface area contributed by atoms with Crippen LogP contribution in [0, 0.1) is 0 Å². The number of benzene rings is 2. The highest BCUT2D eigenvalue weighted by molar-refractivity contribution is 7.13. The van der Waals surface area contributed by atoms with E-state index in [-0.39, 0.29) is 6.03 Å². The van der Waals surface area contributed by atoms with Crippen molar-refractivity contribution in [2.45, 2.75) is 0 Å². The van der Waals surface area contributed by atoms with Crippen molar-refractivity contribution in [3.8, 4) is 21.8 Å². The molecule has 2 aromatic heterocycles. The van der Waals surface area contributed by atoms with Gasteiger partial charge in [0.1, 0.15) is 5.01 Å². The van der Waals surface area contributed by atoms with Gasteiger partial charge < -0.3 is 10.6 Å². The van der Waals surface area contributed by atoms with Crippen molar-refractivity contribution in [2.75, 3.05) is 10.6 Å².